The number of nitrogens with one attached hydrogen (secondary N) is 1. The SMILES string of the molecule is Cc1cc(-c2ccc3oc([C@H]4CCCN4C(=O)Nc4ccc([N+](=O)[O-])cc4)nc3c2)ccc1F. The van der Waals surface area contributed by atoms with Crippen molar-refractivity contribution in [1.82, 2.24) is 9.88 Å². The molecular weight excluding hydrogens is 439 g/mol. The predicted octanol–water partition coefficient (Wildman–Crippen LogP) is 6.22. The molecule has 2 heterocycles. The van der Waals surface area contributed by atoms with Crippen molar-refractivity contribution in [2.75, 3.05) is 11.9 Å². The largest absolute Gasteiger partial charge is 0.438 e. The van der Waals surface area contributed by atoms with Gasteiger partial charge in [-0.3, -0.25) is 10.1 Å². The third kappa shape index (κ3) is 4.07. The molecule has 4 aromatic rings. The second-order valence-corrected chi connectivity index (χ2v) is 8.28. The Morgan fingerprint density at radius 2 is 1.88 bits per heavy atom. The lowest BCUT2D eigenvalue weighted by atomic mass is 10.0. The Kier molecular flexibility index (Phi) is 5.45. The van der Waals surface area contributed by atoms with Gasteiger partial charge in [-0.1, -0.05) is 12.1 Å². The maximum atomic E-state index is 13.6. The lowest BCUT2D eigenvalue weighted by molar-refractivity contribution is -0.384. The van der Waals surface area contributed by atoms with E-state index in [1.807, 2.05) is 18.2 Å². The number of carbonyl (C=O) groups excluding carboxylic acids is 1. The summed E-state index contributed by atoms with van der Waals surface area (Å²) in [7, 11) is 0. The molecular formula is C25H21FN4O4. The van der Waals surface area contributed by atoms with Gasteiger partial charge >= 0.3 is 6.03 Å². The molecule has 8 nitrogen and oxygen atoms in total. The molecule has 0 saturated carbocycles. The molecule has 0 aliphatic carbocycles. The number of halogens is 1. The number of nitro benzene ring substituents is 1. The zero-order valence-electron chi connectivity index (χ0n) is 18.3. The smallest absolute Gasteiger partial charge is 0.322 e. The van der Waals surface area contributed by atoms with Gasteiger partial charge in [-0.25, -0.2) is 14.2 Å². The number of aromatic nitrogens is 1. The fourth-order valence-electron chi connectivity index (χ4n) is 4.22. The Bertz CT molecular complexity index is 1400. The van der Waals surface area contributed by atoms with Crippen molar-refractivity contribution in [3.8, 4) is 11.1 Å². The van der Waals surface area contributed by atoms with E-state index in [4.69, 9.17) is 4.42 Å². The number of amides is 2. The number of hydrogen-bond donors (Lipinski definition) is 1. The highest BCUT2D eigenvalue weighted by molar-refractivity contribution is 5.90. The topological polar surface area (TPSA) is 102 Å². The van der Waals surface area contributed by atoms with Crippen molar-refractivity contribution in [1.29, 1.82) is 0 Å². The number of aryl methyl sites for hydroxylation is 1. The number of nitrogens with zero attached hydrogens (tertiary/aromatic N) is 3. The number of oxazole rings is 1. The third-order valence-electron chi connectivity index (χ3n) is 6.02. The Balaban J connectivity index is 1.37. The molecule has 1 aromatic heterocycles. The minimum atomic E-state index is -0.488. The number of fused-ring (bicyclic) bond motifs is 1. The first-order valence-electron chi connectivity index (χ1n) is 10.9. The van der Waals surface area contributed by atoms with E-state index in [-0.39, 0.29) is 23.6 Å². The molecule has 172 valence electrons. The zero-order chi connectivity index (χ0) is 23.8. The number of nitro groups is 1. The summed E-state index contributed by atoms with van der Waals surface area (Å²) < 4.78 is 19.6. The Hall–Kier alpha value is -4.27. The number of anilines is 1. The van der Waals surface area contributed by atoms with Gasteiger partial charge in [0.2, 0.25) is 5.89 Å². The van der Waals surface area contributed by atoms with Crippen molar-refractivity contribution in [2.45, 2.75) is 25.8 Å². The summed E-state index contributed by atoms with van der Waals surface area (Å²) >= 11 is 0. The molecule has 5 rings (SSSR count). The first kappa shape index (κ1) is 21.6. The summed E-state index contributed by atoms with van der Waals surface area (Å²) in [6.07, 6.45) is 1.52. The van der Waals surface area contributed by atoms with Gasteiger partial charge in [-0.15, -0.1) is 0 Å². The van der Waals surface area contributed by atoms with Crippen LogP contribution in [0.5, 0.6) is 0 Å². The Labute approximate surface area is 194 Å². The van der Waals surface area contributed by atoms with Gasteiger partial charge < -0.3 is 14.6 Å². The van der Waals surface area contributed by atoms with Crippen LogP contribution in [0.1, 0.15) is 30.3 Å². The summed E-state index contributed by atoms with van der Waals surface area (Å²) in [5.41, 5.74) is 4.05. The third-order valence-corrected chi connectivity index (χ3v) is 6.02. The quantitative estimate of drug-likeness (QED) is 0.288. The minimum absolute atomic E-state index is 0.0429. The highest BCUT2D eigenvalue weighted by Gasteiger charge is 2.33. The number of rotatable bonds is 4. The van der Waals surface area contributed by atoms with Gasteiger partial charge in [0.05, 0.1) is 4.92 Å². The first-order valence-corrected chi connectivity index (χ1v) is 10.9. The van der Waals surface area contributed by atoms with Crippen LogP contribution in [0.4, 0.5) is 20.6 Å². The monoisotopic (exact) mass is 460 g/mol. The number of urea groups is 1. The van der Waals surface area contributed by atoms with E-state index in [0.29, 0.717) is 41.2 Å². The van der Waals surface area contributed by atoms with Crippen molar-refractivity contribution >= 4 is 28.5 Å². The van der Waals surface area contributed by atoms with Crippen LogP contribution < -0.4 is 5.32 Å². The standard InChI is InChI=1S/C25H21FN4O4/c1-15-13-16(4-10-20(15)26)17-5-11-23-21(14-17)28-24(34-23)22-3-2-12-29(22)25(31)27-18-6-8-19(9-7-18)30(32)33/h4-11,13-14,22H,2-3,12H2,1H3,(H,27,31)/t22-/m1/s1. The van der Waals surface area contributed by atoms with Crippen LogP contribution in [0.15, 0.2) is 65.1 Å². The van der Waals surface area contributed by atoms with E-state index in [0.717, 1.165) is 17.5 Å². The molecule has 0 bridgehead atoms. The molecule has 1 atom stereocenters. The molecule has 3 aromatic carbocycles. The predicted molar refractivity (Wildman–Crippen MR) is 125 cm³/mol. The second kappa shape index (κ2) is 8.58. The molecule has 1 aliphatic heterocycles. The van der Waals surface area contributed by atoms with Gasteiger partial charge in [0.1, 0.15) is 17.4 Å². The molecule has 2 amide bonds. The van der Waals surface area contributed by atoms with Gasteiger partial charge in [-0.05, 0) is 72.9 Å². The van der Waals surface area contributed by atoms with E-state index in [1.165, 1.54) is 30.3 Å². The van der Waals surface area contributed by atoms with E-state index in [9.17, 15) is 19.3 Å². The van der Waals surface area contributed by atoms with E-state index in [2.05, 4.69) is 10.3 Å². The van der Waals surface area contributed by atoms with Crippen LogP contribution in [0.2, 0.25) is 0 Å². The number of hydrogen-bond acceptors (Lipinski definition) is 5. The Morgan fingerprint density at radius 3 is 2.62 bits per heavy atom. The van der Waals surface area contributed by atoms with Crippen LogP contribution in [-0.4, -0.2) is 27.4 Å². The maximum absolute atomic E-state index is 13.6. The van der Waals surface area contributed by atoms with Crippen LogP contribution in [-0.2, 0) is 0 Å². The summed E-state index contributed by atoms with van der Waals surface area (Å²) in [6, 6.07) is 15.6. The lowest BCUT2D eigenvalue weighted by Gasteiger charge is -2.22. The summed E-state index contributed by atoms with van der Waals surface area (Å²) in [5, 5.41) is 13.6. The molecule has 1 N–H and O–H groups in total. The summed E-state index contributed by atoms with van der Waals surface area (Å²) in [6.45, 7) is 2.27. The van der Waals surface area contributed by atoms with Gasteiger partial charge in [-0.2, -0.15) is 0 Å². The van der Waals surface area contributed by atoms with Crippen LogP contribution >= 0.6 is 0 Å². The van der Waals surface area contributed by atoms with Gasteiger partial charge in [0, 0.05) is 24.4 Å². The summed E-state index contributed by atoms with van der Waals surface area (Å²) in [5.74, 6) is 0.209. The van der Waals surface area contributed by atoms with Crippen molar-refractivity contribution in [3.63, 3.8) is 0 Å². The average Bonchev–Trinajstić information content (AvgIpc) is 3.47. The summed E-state index contributed by atoms with van der Waals surface area (Å²) in [4.78, 5) is 29.6. The molecule has 0 spiro atoms. The van der Waals surface area contributed by atoms with Crippen LogP contribution in [0, 0.1) is 22.9 Å². The molecule has 1 saturated heterocycles. The number of benzene rings is 3. The second-order valence-electron chi connectivity index (χ2n) is 8.28. The maximum Gasteiger partial charge on any atom is 0.322 e. The number of carbonyl (C=O) groups is 1. The van der Waals surface area contributed by atoms with Crippen LogP contribution in [0.3, 0.4) is 0 Å². The van der Waals surface area contributed by atoms with Crippen LogP contribution in [0.25, 0.3) is 22.2 Å². The molecule has 1 fully saturated rings. The highest BCUT2D eigenvalue weighted by atomic mass is 19.1. The van der Waals surface area contributed by atoms with Gasteiger partial charge in [0.15, 0.2) is 5.58 Å². The minimum Gasteiger partial charge on any atom is -0.438 e. The van der Waals surface area contributed by atoms with Crippen molar-refractivity contribution in [2.24, 2.45) is 0 Å². The molecule has 9 heteroatoms. The van der Waals surface area contributed by atoms with E-state index < -0.39 is 4.92 Å². The molecule has 1 aliphatic rings. The number of likely N-dealkylation sites (tertiary alicyclic amines) is 1. The molecule has 34 heavy (non-hydrogen) atoms. The fourth-order valence-corrected chi connectivity index (χ4v) is 4.22. The van der Waals surface area contributed by atoms with Gasteiger partial charge in [0.25, 0.3) is 5.69 Å². The lowest BCUT2D eigenvalue weighted by Crippen LogP contribution is -2.34. The zero-order valence-corrected chi connectivity index (χ0v) is 18.3. The van der Waals surface area contributed by atoms with Crippen molar-refractivity contribution < 1.29 is 18.5 Å². The first-order chi connectivity index (χ1) is 16.4. The van der Waals surface area contributed by atoms with Crippen molar-refractivity contribution in [3.05, 3.63) is 88.0 Å². The van der Waals surface area contributed by atoms with E-state index in [1.54, 1.807) is 24.0 Å². The normalized spacial score (nSPS) is 15.6. The molecule has 0 unspecified atom stereocenters. The van der Waals surface area contributed by atoms with E-state index >= 15 is 0 Å². The molecule has 0 radical (unpaired) electrons. The highest BCUT2D eigenvalue weighted by Crippen LogP contribution is 2.35. The Morgan fingerprint density at radius 1 is 1.15 bits per heavy atom. The number of non-ortho nitro benzene ring substituents is 1. The fraction of sp³-hybridized carbons (Fsp3) is 0.200. The average molecular weight is 460 g/mol.